The third-order valence-corrected chi connectivity index (χ3v) is 2.20. The molecule has 0 bridgehead atoms. The predicted molar refractivity (Wildman–Crippen MR) is 55.2 cm³/mol. The molecule has 1 aliphatic rings. The van der Waals surface area contributed by atoms with Gasteiger partial charge < -0.3 is 0 Å². The lowest BCUT2D eigenvalue weighted by Gasteiger charge is -2.11. The van der Waals surface area contributed by atoms with Crippen molar-refractivity contribution in [3.8, 4) is 0 Å². The minimum atomic E-state index is 0.0954. The number of Topliss-reactive ketones (excluding diaryl/α,β-unsaturated/α-hetero) is 1. The maximum atomic E-state index is 10.9. The molecule has 1 aliphatic heterocycles. The van der Waals surface area contributed by atoms with E-state index in [2.05, 4.69) is 17.2 Å². The Hall–Kier alpha value is -1.64. The number of ketones is 1. The first kappa shape index (κ1) is 8.94. The molecule has 3 nitrogen and oxygen atoms in total. The van der Waals surface area contributed by atoms with Crippen LogP contribution in [0.4, 0.5) is 0 Å². The summed E-state index contributed by atoms with van der Waals surface area (Å²) in [6.07, 6.45) is 2.33. The summed E-state index contributed by atoms with van der Waals surface area (Å²) in [5.41, 5.74) is 1.28. The molecular formula is C11H12N2O. The number of nitrogens with zero attached hydrogens (tertiary/aromatic N) is 2. The Bertz CT molecular complexity index is 346. The molecule has 0 spiro atoms. The third kappa shape index (κ3) is 2.19. The van der Waals surface area contributed by atoms with Gasteiger partial charge in [0.2, 0.25) is 0 Å². The first-order valence-corrected chi connectivity index (χ1v) is 4.70. The number of carbonyl (C=O) groups is 1. The molecule has 3 heteroatoms. The number of hydrazone groups is 1. The summed E-state index contributed by atoms with van der Waals surface area (Å²) in [6, 6.07) is 10.2. The second-order valence-corrected chi connectivity index (χ2v) is 3.33. The Balaban J connectivity index is 1.84. The Morgan fingerprint density at radius 1 is 1.29 bits per heavy atom. The second-order valence-electron chi connectivity index (χ2n) is 3.33. The molecule has 0 fully saturated rings. The SMILES string of the molecule is O=C1C=NN(CCc2ccccc2)C1. The first-order valence-electron chi connectivity index (χ1n) is 4.70. The van der Waals surface area contributed by atoms with Crippen LogP contribution in [0.5, 0.6) is 0 Å². The van der Waals surface area contributed by atoms with Gasteiger partial charge in [0.25, 0.3) is 0 Å². The molecule has 72 valence electrons. The van der Waals surface area contributed by atoms with E-state index in [1.807, 2.05) is 18.2 Å². The van der Waals surface area contributed by atoms with Crippen LogP contribution in [-0.4, -0.2) is 30.1 Å². The van der Waals surface area contributed by atoms with Crippen LogP contribution in [-0.2, 0) is 11.2 Å². The highest BCUT2D eigenvalue weighted by Crippen LogP contribution is 2.03. The molecule has 0 N–H and O–H groups in total. The van der Waals surface area contributed by atoms with Gasteiger partial charge in [-0.15, -0.1) is 0 Å². The van der Waals surface area contributed by atoms with E-state index in [0.717, 1.165) is 13.0 Å². The van der Waals surface area contributed by atoms with Crippen molar-refractivity contribution in [3.63, 3.8) is 0 Å². The predicted octanol–water partition coefficient (Wildman–Crippen LogP) is 1.10. The lowest BCUT2D eigenvalue weighted by Crippen LogP contribution is -2.20. The zero-order valence-electron chi connectivity index (χ0n) is 7.89. The molecule has 0 amide bonds. The molecule has 1 aromatic carbocycles. The molecule has 0 aliphatic carbocycles. The lowest BCUT2D eigenvalue weighted by atomic mass is 10.1. The van der Waals surface area contributed by atoms with E-state index < -0.39 is 0 Å². The van der Waals surface area contributed by atoms with Crippen molar-refractivity contribution in [3.05, 3.63) is 35.9 Å². The summed E-state index contributed by atoms with van der Waals surface area (Å²) < 4.78 is 0. The molecular weight excluding hydrogens is 176 g/mol. The van der Waals surface area contributed by atoms with Crippen molar-refractivity contribution in [1.29, 1.82) is 0 Å². The van der Waals surface area contributed by atoms with Gasteiger partial charge in [-0.05, 0) is 12.0 Å². The summed E-state index contributed by atoms with van der Waals surface area (Å²) in [7, 11) is 0. The normalized spacial score (nSPS) is 15.1. The largest absolute Gasteiger partial charge is 0.291 e. The molecule has 1 aromatic rings. The summed E-state index contributed by atoms with van der Waals surface area (Å²) in [4.78, 5) is 10.9. The monoisotopic (exact) mass is 188 g/mol. The lowest BCUT2D eigenvalue weighted by molar-refractivity contribution is -0.112. The van der Waals surface area contributed by atoms with E-state index >= 15 is 0 Å². The van der Waals surface area contributed by atoms with Gasteiger partial charge in [-0.2, -0.15) is 5.10 Å². The van der Waals surface area contributed by atoms with Gasteiger partial charge in [-0.1, -0.05) is 30.3 Å². The van der Waals surface area contributed by atoms with Crippen molar-refractivity contribution in [2.45, 2.75) is 6.42 Å². The van der Waals surface area contributed by atoms with E-state index in [4.69, 9.17) is 0 Å². The van der Waals surface area contributed by atoms with E-state index in [1.165, 1.54) is 11.8 Å². The Morgan fingerprint density at radius 3 is 2.71 bits per heavy atom. The zero-order valence-corrected chi connectivity index (χ0v) is 7.89. The van der Waals surface area contributed by atoms with Gasteiger partial charge in [0.1, 0.15) is 6.54 Å². The van der Waals surface area contributed by atoms with Crippen molar-refractivity contribution < 1.29 is 4.79 Å². The first-order chi connectivity index (χ1) is 6.84. The Kier molecular flexibility index (Phi) is 2.58. The van der Waals surface area contributed by atoms with Crippen molar-refractivity contribution in [2.24, 2.45) is 5.10 Å². The van der Waals surface area contributed by atoms with Crippen LogP contribution < -0.4 is 0 Å². The van der Waals surface area contributed by atoms with Crippen LogP contribution in [0.25, 0.3) is 0 Å². The standard InChI is InChI=1S/C11H12N2O/c14-11-8-12-13(9-11)7-6-10-4-2-1-3-5-10/h1-5,8H,6-7,9H2. The molecule has 0 radical (unpaired) electrons. The molecule has 14 heavy (non-hydrogen) atoms. The van der Waals surface area contributed by atoms with Crippen LogP contribution in [0.15, 0.2) is 35.4 Å². The second kappa shape index (κ2) is 4.05. The highest BCUT2D eigenvalue weighted by Gasteiger charge is 2.12. The van der Waals surface area contributed by atoms with Crippen LogP contribution in [0.3, 0.4) is 0 Å². The number of benzene rings is 1. The summed E-state index contributed by atoms with van der Waals surface area (Å²) >= 11 is 0. The van der Waals surface area contributed by atoms with E-state index in [0.29, 0.717) is 6.54 Å². The molecule has 0 unspecified atom stereocenters. The molecule has 1 heterocycles. The van der Waals surface area contributed by atoms with Gasteiger partial charge in [-0.25, -0.2) is 0 Å². The summed E-state index contributed by atoms with van der Waals surface area (Å²) in [6.45, 7) is 1.25. The fourth-order valence-electron chi connectivity index (χ4n) is 1.45. The highest BCUT2D eigenvalue weighted by molar-refractivity contribution is 6.29. The van der Waals surface area contributed by atoms with Crippen LogP contribution in [0.1, 0.15) is 5.56 Å². The van der Waals surface area contributed by atoms with Crippen LogP contribution in [0.2, 0.25) is 0 Å². The van der Waals surface area contributed by atoms with Gasteiger partial charge in [0.05, 0.1) is 6.21 Å². The average molecular weight is 188 g/mol. The molecule has 0 aromatic heterocycles. The van der Waals surface area contributed by atoms with Gasteiger partial charge in [-0.3, -0.25) is 9.80 Å². The topological polar surface area (TPSA) is 32.7 Å². The number of hydrogen-bond acceptors (Lipinski definition) is 3. The quantitative estimate of drug-likeness (QED) is 0.711. The number of hydrogen-bond donors (Lipinski definition) is 0. The fourth-order valence-corrected chi connectivity index (χ4v) is 1.45. The van der Waals surface area contributed by atoms with Gasteiger partial charge >= 0.3 is 0 Å². The molecule has 0 saturated heterocycles. The van der Waals surface area contributed by atoms with Crippen molar-refractivity contribution in [2.75, 3.05) is 13.1 Å². The Labute approximate surface area is 83.0 Å². The third-order valence-electron chi connectivity index (χ3n) is 2.20. The smallest absolute Gasteiger partial charge is 0.196 e. The Morgan fingerprint density at radius 2 is 2.07 bits per heavy atom. The van der Waals surface area contributed by atoms with Crippen LogP contribution in [0, 0.1) is 0 Å². The fraction of sp³-hybridized carbons (Fsp3) is 0.273. The maximum Gasteiger partial charge on any atom is 0.196 e. The van der Waals surface area contributed by atoms with Gasteiger partial charge in [0.15, 0.2) is 5.78 Å². The number of carbonyl (C=O) groups excluding carboxylic acids is 1. The average Bonchev–Trinajstić information content (AvgIpc) is 2.63. The van der Waals surface area contributed by atoms with E-state index in [1.54, 1.807) is 5.01 Å². The van der Waals surface area contributed by atoms with E-state index in [-0.39, 0.29) is 5.78 Å². The van der Waals surface area contributed by atoms with Crippen molar-refractivity contribution >= 4 is 12.0 Å². The summed E-state index contributed by atoms with van der Waals surface area (Å²) in [5.74, 6) is 0.0954. The minimum absolute atomic E-state index is 0.0954. The zero-order chi connectivity index (χ0) is 9.80. The van der Waals surface area contributed by atoms with E-state index in [9.17, 15) is 4.79 Å². The summed E-state index contributed by atoms with van der Waals surface area (Å²) in [5, 5.41) is 5.79. The molecule has 0 atom stereocenters. The van der Waals surface area contributed by atoms with Gasteiger partial charge in [0, 0.05) is 6.54 Å². The molecule has 0 saturated carbocycles. The maximum absolute atomic E-state index is 10.9. The number of rotatable bonds is 3. The highest BCUT2D eigenvalue weighted by atomic mass is 16.1. The molecule has 2 rings (SSSR count). The van der Waals surface area contributed by atoms with Crippen molar-refractivity contribution in [1.82, 2.24) is 5.01 Å². The minimum Gasteiger partial charge on any atom is -0.291 e. The van der Waals surface area contributed by atoms with Crippen LogP contribution >= 0.6 is 0 Å².